The molecule has 0 radical (unpaired) electrons. The predicted octanol–water partition coefficient (Wildman–Crippen LogP) is 3.50. The Morgan fingerprint density at radius 1 is 1.35 bits per heavy atom. The van der Waals surface area contributed by atoms with E-state index in [9.17, 15) is 4.79 Å². The smallest absolute Gasteiger partial charge is 0.226 e. The van der Waals surface area contributed by atoms with Crippen molar-refractivity contribution >= 4 is 57.5 Å². The molecule has 1 aliphatic heterocycles. The molecule has 2 rings (SSSR count). The summed E-state index contributed by atoms with van der Waals surface area (Å²) in [4.78, 5) is 18.4. The van der Waals surface area contributed by atoms with E-state index in [0.717, 1.165) is 28.8 Å². The van der Waals surface area contributed by atoms with Crippen LogP contribution in [-0.4, -0.2) is 36.4 Å². The summed E-state index contributed by atoms with van der Waals surface area (Å²) in [5.41, 5.74) is 7.83. The van der Waals surface area contributed by atoms with Gasteiger partial charge < -0.3 is 16.0 Å². The number of nitrogens with two attached hydrogens (primary N) is 1. The van der Waals surface area contributed by atoms with E-state index in [4.69, 9.17) is 5.73 Å². The highest BCUT2D eigenvalue weighted by Crippen LogP contribution is 2.20. The molecule has 5 nitrogen and oxygen atoms in total. The van der Waals surface area contributed by atoms with Crippen molar-refractivity contribution in [3.05, 3.63) is 28.2 Å². The molecular formula is C16H24BrIN4O. The largest absolute Gasteiger partial charge is 0.370 e. The fraction of sp³-hybridized carbons (Fsp3) is 0.500. The van der Waals surface area contributed by atoms with Crippen molar-refractivity contribution in [3.8, 4) is 0 Å². The Kier molecular flexibility index (Phi) is 8.90. The molecule has 1 aromatic rings. The van der Waals surface area contributed by atoms with Gasteiger partial charge in [0.15, 0.2) is 5.96 Å². The second-order valence-electron chi connectivity index (χ2n) is 5.55. The SMILES string of the molecule is Cc1cc(Br)ccc1NC(=O)CCN=C(N)N1CCCCC1.I. The first-order chi connectivity index (χ1) is 10.6. The molecular weight excluding hydrogens is 471 g/mol. The van der Waals surface area contributed by atoms with Gasteiger partial charge in [-0.2, -0.15) is 0 Å². The molecule has 0 unspecified atom stereocenters. The van der Waals surface area contributed by atoms with E-state index >= 15 is 0 Å². The van der Waals surface area contributed by atoms with Crippen molar-refractivity contribution in [1.82, 2.24) is 4.90 Å². The average molecular weight is 495 g/mol. The second kappa shape index (κ2) is 10.1. The van der Waals surface area contributed by atoms with Crippen LogP contribution in [0.15, 0.2) is 27.7 Å². The Balaban J connectivity index is 0.00000264. The quantitative estimate of drug-likeness (QED) is 0.382. The molecule has 1 aliphatic rings. The third kappa shape index (κ3) is 6.66. The zero-order chi connectivity index (χ0) is 15.9. The van der Waals surface area contributed by atoms with E-state index < -0.39 is 0 Å². The topological polar surface area (TPSA) is 70.7 Å². The van der Waals surface area contributed by atoms with Crippen LogP contribution in [0, 0.1) is 6.92 Å². The van der Waals surface area contributed by atoms with Crippen LogP contribution in [-0.2, 0) is 4.79 Å². The number of carbonyl (C=O) groups is 1. The molecule has 0 saturated carbocycles. The van der Waals surface area contributed by atoms with Crippen LogP contribution >= 0.6 is 39.9 Å². The Hall–Kier alpha value is -0.830. The lowest BCUT2D eigenvalue weighted by Crippen LogP contribution is -2.41. The van der Waals surface area contributed by atoms with Gasteiger partial charge in [0.1, 0.15) is 0 Å². The summed E-state index contributed by atoms with van der Waals surface area (Å²) in [5, 5.41) is 2.91. The monoisotopic (exact) mass is 494 g/mol. The van der Waals surface area contributed by atoms with E-state index in [-0.39, 0.29) is 29.9 Å². The number of piperidine rings is 1. The first-order valence-corrected chi connectivity index (χ1v) is 8.46. The first-order valence-electron chi connectivity index (χ1n) is 7.67. The average Bonchev–Trinajstić information content (AvgIpc) is 2.51. The summed E-state index contributed by atoms with van der Waals surface area (Å²) < 4.78 is 1.00. The second-order valence-corrected chi connectivity index (χ2v) is 6.46. The maximum atomic E-state index is 12.0. The molecule has 0 spiro atoms. The number of likely N-dealkylation sites (tertiary alicyclic amines) is 1. The van der Waals surface area contributed by atoms with Crippen molar-refractivity contribution in [2.75, 3.05) is 25.0 Å². The number of guanidine groups is 1. The summed E-state index contributed by atoms with van der Waals surface area (Å²) in [7, 11) is 0. The molecule has 0 aromatic heterocycles. The zero-order valence-corrected chi connectivity index (χ0v) is 17.3. The lowest BCUT2D eigenvalue weighted by atomic mass is 10.1. The maximum absolute atomic E-state index is 12.0. The fourth-order valence-corrected chi connectivity index (χ4v) is 2.95. The van der Waals surface area contributed by atoms with Gasteiger partial charge in [0.05, 0.1) is 6.54 Å². The van der Waals surface area contributed by atoms with E-state index in [1.807, 2.05) is 25.1 Å². The highest BCUT2D eigenvalue weighted by Gasteiger charge is 2.12. The van der Waals surface area contributed by atoms with Gasteiger partial charge in [-0.15, -0.1) is 24.0 Å². The molecule has 0 aliphatic carbocycles. The number of nitrogens with zero attached hydrogens (tertiary/aromatic N) is 2. The summed E-state index contributed by atoms with van der Waals surface area (Å²) in [5.74, 6) is 0.521. The van der Waals surface area contributed by atoms with Crippen molar-refractivity contribution in [3.63, 3.8) is 0 Å². The summed E-state index contributed by atoms with van der Waals surface area (Å²) in [6.45, 7) is 4.33. The number of halogens is 2. The molecule has 3 N–H and O–H groups in total. The van der Waals surface area contributed by atoms with Crippen molar-refractivity contribution in [2.24, 2.45) is 10.7 Å². The lowest BCUT2D eigenvalue weighted by Gasteiger charge is -2.27. The van der Waals surface area contributed by atoms with Crippen molar-refractivity contribution in [2.45, 2.75) is 32.6 Å². The highest BCUT2D eigenvalue weighted by atomic mass is 127. The third-order valence-electron chi connectivity index (χ3n) is 3.76. The summed E-state index contributed by atoms with van der Waals surface area (Å²) in [6.07, 6.45) is 3.93. The minimum Gasteiger partial charge on any atom is -0.370 e. The summed E-state index contributed by atoms with van der Waals surface area (Å²) in [6, 6.07) is 5.78. The van der Waals surface area contributed by atoms with Crippen LogP contribution in [0.5, 0.6) is 0 Å². The maximum Gasteiger partial charge on any atom is 0.226 e. The Morgan fingerprint density at radius 3 is 2.70 bits per heavy atom. The first kappa shape index (κ1) is 20.2. The van der Waals surface area contributed by atoms with Gasteiger partial charge in [-0.05, 0) is 49.9 Å². The summed E-state index contributed by atoms with van der Waals surface area (Å²) >= 11 is 3.41. The normalized spacial score (nSPS) is 15.0. The Labute approximate surface area is 163 Å². The van der Waals surface area contributed by atoms with Gasteiger partial charge in [-0.1, -0.05) is 15.9 Å². The van der Waals surface area contributed by atoms with Gasteiger partial charge in [-0.3, -0.25) is 9.79 Å². The van der Waals surface area contributed by atoms with Crippen LogP contribution in [0.1, 0.15) is 31.2 Å². The van der Waals surface area contributed by atoms with E-state index in [2.05, 4.69) is 31.1 Å². The van der Waals surface area contributed by atoms with Crippen LogP contribution < -0.4 is 11.1 Å². The Morgan fingerprint density at radius 2 is 2.04 bits per heavy atom. The predicted molar refractivity (Wildman–Crippen MR) is 109 cm³/mol. The van der Waals surface area contributed by atoms with Crippen LogP contribution in [0.3, 0.4) is 0 Å². The molecule has 0 atom stereocenters. The lowest BCUT2D eigenvalue weighted by molar-refractivity contribution is -0.116. The number of nitrogens with one attached hydrogen (secondary N) is 1. The number of rotatable bonds is 4. The van der Waals surface area contributed by atoms with Crippen LogP contribution in [0.2, 0.25) is 0 Å². The van der Waals surface area contributed by atoms with E-state index in [1.54, 1.807) is 0 Å². The molecule has 1 saturated heterocycles. The molecule has 1 heterocycles. The molecule has 7 heteroatoms. The molecule has 128 valence electrons. The molecule has 23 heavy (non-hydrogen) atoms. The Bertz CT molecular complexity index is 559. The van der Waals surface area contributed by atoms with Crippen molar-refractivity contribution in [1.29, 1.82) is 0 Å². The van der Waals surface area contributed by atoms with E-state index in [1.165, 1.54) is 19.3 Å². The van der Waals surface area contributed by atoms with Gasteiger partial charge in [0.2, 0.25) is 5.91 Å². The minimum atomic E-state index is -0.0411. The van der Waals surface area contributed by atoms with E-state index in [0.29, 0.717) is 18.9 Å². The molecule has 0 bridgehead atoms. The standard InChI is InChI=1S/C16H23BrN4O.HI/c1-12-11-13(17)5-6-14(12)20-15(22)7-8-19-16(18)21-9-3-2-4-10-21;/h5-6,11H,2-4,7-10H2,1H3,(H2,18,19)(H,20,22);1H. The minimum absolute atomic E-state index is 0. The van der Waals surface area contributed by atoms with Gasteiger partial charge in [-0.25, -0.2) is 0 Å². The number of hydrogen-bond acceptors (Lipinski definition) is 2. The van der Waals surface area contributed by atoms with Gasteiger partial charge in [0, 0.05) is 29.7 Å². The number of aliphatic imine (C=N–C) groups is 1. The van der Waals surface area contributed by atoms with Crippen LogP contribution in [0.25, 0.3) is 0 Å². The molecule has 1 amide bonds. The fourth-order valence-electron chi connectivity index (χ4n) is 2.48. The van der Waals surface area contributed by atoms with Gasteiger partial charge in [0.25, 0.3) is 0 Å². The number of benzene rings is 1. The number of hydrogen-bond donors (Lipinski definition) is 2. The molecule has 1 fully saturated rings. The van der Waals surface area contributed by atoms with Crippen LogP contribution in [0.4, 0.5) is 5.69 Å². The number of carbonyl (C=O) groups excluding carboxylic acids is 1. The van der Waals surface area contributed by atoms with Crippen molar-refractivity contribution < 1.29 is 4.79 Å². The number of amides is 1. The molecule has 1 aromatic carbocycles. The highest BCUT2D eigenvalue weighted by molar-refractivity contribution is 14.0. The number of anilines is 1. The number of aryl methyl sites for hydroxylation is 1. The zero-order valence-electron chi connectivity index (χ0n) is 13.3. The third-order valence-corrected chi connectivity index (χ3v) is 4.25. The van der Waals surface area contributed by atoms with Gasteiger partial charge >= 0.3 is 0 Å².